The minimum absolute atomic E-state index is 0.345. The molecule has 0 heterocycles. The van der Waals surface area contributed by atoms with Crippen molar-refractivity contribution in [2.45, 2.75) is 13.8 Å². The van der Waals surface area contributed by atoms with Gasteiger partial charge in [-0.3, -0.25) is 0 Å². The van der Waals surface area contributed by atoms with Crippen molar-refractivity contribution in [2.24, 2.45) is 0 Å². The van der Waals surface area contributed by atoms with Crippen LogP contribution in [0.3, 0.4) is 0 Å². The van der Waals surface area contributed by atoms with E-state index in [1.54, 1.807) is 6.07 Å². The van der Waals surface area contributed by atoms with Gasteiger partial charge in [0.2, 0.25) is 0 Å². The van der Waals surface area contributed by atoms with Crippen LogP contribution in [-0.2, 0) is 4.74 Å². The molecule has 80 valence electrons. The molecule has 1 aromatic rings. The summed E-state index contributed by atoms with van der Waals surface area (Å²) in [5.41, 5.74) is 3.06. The molecule has 0 aliphatic carbocycles. The van der Waals surface area contributed by atoms with Crippen LogP contribution in [0.1, 0.15) is 22.8 Å². The number of carbonyl (C=O) groups is 1. The van der Waals surface area contributed by atoms with Gasteiger partial charge in [0.25, 0.3) is 0 Å². The van der Waals surface area contributed by atoms with E-state index in [1.807, 2.05) is 26.0 Å². The van der Waals surface area contributed by atoms with Crippen LogP contribution in [0.4, 0.5) is 5.69 Å². The molecule has 15 heavy (non-hydrogen) atoms. The summed E-state index contributed by atoms with van der Waals surface area (Å²) in [4.78, 5) is 11.5. The summed E-state index contributed by atoms with van der Waals surface area (Å²) in [6.45, 7) is 7.52. The fourth-order valence-electron chi connectivity index (χ4n) is 1.33. The monoisotopic (exact) mass is 205 g/mol. The van der Waals surface area contributed by atoms with E-state index in [1.165, 1.54) is 7.11 Å². The van der Waals surface area contributed by atoms with Crippen molar-refractivity contribution >= 4 is 11.7 Å². The maximum atomic E-state index is 11.5. The van der Waals surface area contributed by atoms with Gasteiger partial charge in [-0.25, -0.2) is 4.79 Å². The Morgan fingerprint density at radius 3 is 2.67 bits per heavy atom. The molecule has 0 aliphatic rings. The zero-order valence-corrected chi connectivity index (χ0v) is 9.26. The normalized spacial score (nSPS) is 9.53. The number of nitrogens with one attached hydrogen (secondary N) is 1. The summed E-state index contributed by atoms with van der Waals surface area (Å²) in [6.07, 6.45) is 0. The summed E-state index contributed by atoms with van der Waals surface area (Å²) in [5.74, 6) is -0.345. The van der Waals surface area contributed by atoms with Gasteiger partial charge in [0, 0.05) is 5.70 Å². The summed E-state index contributed by atoms with van der Waals surface area (Å²) in [5, 5.41) is 3.06. The molecular formula is C12H15NO2. The molecule has 0 aromatic heterocycles. The molecule has 0 saturated heterocycles. The van der Waals surface area contributed by atoms with E-state index in [-0.39, 0.29) is 5.97 Å². The molecule has 1 aromatic carbocycles. The van der Waals surface area contributed by atoms with Crippen molar-refractivity contribution < 1.29 is 9.53 Å². The Hall–Kier alpha value is -1.77. The van der Waals surface area contributed by atoms with Gasteiger partial charge in [-0.2, -0.15) is 0 Å². The molecular weight excluding hydrogens is 190 g/mol. The Labute approximate surface area is 89.8 Å². The lowest BCUT2D eigenvalue weighted by molar-refractivity contribution is 0.0602. The molecule has 0 atom stereocenters. The van der Waals surface area contributed by atoms with Gasteiger partial charge < -0.3 is 10.1 Å². The Morgan fingerprint density at radius 1 is 1.47 bits per heavy atom. The summed E-state index contributed by atoms with van der Waals surface area (Å²) in [7, 11) is 1.37. The second-order valence-electron chi connectivity index (χ2n) is 3.39. The van der Waals surface area contributed by atoms with Crippen LogP contribution < -0.4 is 5.32 Å². The molecule has 3 nitrogen and oxygen atoms in total. The Morgan fingerprint density at radius 2 is 2.13 bits per heavy atom. The first-order chi connectivity index (χ1) is 7.06. The Balaban J connectivity index is 3.19. The molecule has 1 N–H and O–H groups in total. The smallest absolute Gasteiger partial charge is 0.339 e. The standard InChI is InChI=1S/C12H15NO2/c1-8(2)13-11-9(3)6-5-7-10(11)12(14)15-4/h5-7,13H,1H2,2-4H3. The van der Waals surface area contributed by atoms with Gasteiger partial charge in [0.15, 0.2) is 0 Å². The molecule has 1 rings (SSSR count). The van der Waals surface area contributed by atoms with Crippen LogP contribution in [0.5, 0.6) is 0 Å². The van der Waals surface area contributed by atoms with Crippen LogP contribution in [-0.4, -0.2) is 13.1 Å². The first-order valence-corrected chi connectivity index (χ1v) is 4.66. The number of methoxy groups -OCH3 is 1. The quantitative estimate of drug-likeness (QED) is 0.771. The van der Waals surface area contributed by atoms with Crippen molar-refractivity contribution in [1.29, 1.82) is 0 Å². The number of aryl methyl sites for hydroxylation is 1. The van der Waals surface area contributed by atoms with E-state index in [0.717, 1.165) is 16.9 Å². The maximum absolute atomic E-state index is 11.5. The van der Waals surface area contributed by atoms with Crippen LogP contribution >= 0.6 is 0 Å². The average molecular weight is 205 g/mol. The highest BCUT2D eigenvalue weighted by Gasteiger charge is 2.12. The van der Waals surface area contributed by atoms with Crippen molar-refractivity contribution in [3.63, 3.8) is 0 Å². The first-order valence-electron chi connectivity index (χ1n) is 4.66. The number of carbonyl (C=O) groups excluding carboxylic acids is 1. The molecule has 0 spiro atoms. The maximum Gasteiger partial charge on any atom is 0.339 e. The molecule has 0 bridgehead atoms. The van der Waals surface area contributed by atoms with E-state index >= 15 is 0 Å². The lowest BCUT2D eigenvalue weighted by atomic mass is 10.1. The van der Waals surface area contributed by atoms with E-state index in [0.29, 0.717) is 5.56 Å². The highest BCUT2D eigenvalue weighted by atomic mass is 16.5. The zero-order valence-electron chi connectivity index (χ0n) is 9.26. The predicted molar refractivity (Wildman–Crippen MR) is 61.0 cm³/mol. The van der Waals surface area contributed by atoms with Gasteiger partial charge in [-0.15, -0.1) is 0 Å². The predicted octanol–water partition coefficient (Wildman–Crippen LogP) is 2.73. The molecule has 0 aliphatic heterocycles. The number of allylic oxidation sites excluding steroid dienone is 1. The highest BCUT2D eigenvalue weighted by Crippen LogP contribution is 2.22. The Bertz CT molecular complexity index is 397. The number of rotatable bonds is 3. The second-order valence-corrected chi connectivity index (χ2v) is 3.39. The number of para-hydroxylation sites is 1. The number of esters is 1. The first kappa shape index (κ1) is 11.3. The SMILES string of the molecule is C=C(C)Nc1c(C)cccc1C(=O)OC. The third-order valence-corrected chi connectivity index (χ3v) is 2.02. The molecule has 0 unspecified atom stereocenters. The van der Waals surface area contributed by atoms with Crippen LogP contribution in [0.2, 0.25) is 0 Å². The summed E-state index contributed by atoms with van der Waals surface area (Å²) < 4.78 is 4.70. The van der Waals surface area contributed by atoms with E-state index in [2.05, 4.69) is 11.9 Å². The second kappa shape index (κ2) is 4.64. The van der Waals surface area contributed by atoms with Crippen molar-refractivity contribution in [1.82, 2.24) is 0 Å². The minimum Gasteiger partial charge on any atom is -0.465 e. The number of ether oxygens (including phenoxy) is 1. The topological polar surface area (TPSA) is 38.3 Å². The molecule has 0 amide bonds. The van der Waals surface area contributed by atoms with Gasteiger partial charge >= 0.3 is 5.97 Å². The molecule has 0 fully saturated rings. The average Bonchev–Trinajstić information content (AvgIpc) is 2.19. The van der Waals surface area contributed by atoms with Crippen LogP contribution in [0.15, 0.2) is 30.5 Å². The number of benzene rings is 1. The van der Waals surface area contributed by atoms with Crippen LogP contribution in [0, 0.1) is 6.92 Å². The lowest BCUT2D eigenvalue weighted by Gasteiger charge is -2.12. The van der Waals surface area contributed by atoms with Gasteiger partial charge in [-0.1, -0.05) is 18.7 Å². The number of hydrogen-bond donors (Lipinski definition) is 1. The fourth-order valence-corrected chi connectivity index (χ4v) is 1.33. The third kappa shape index (κ3) is 2.59. The van der Waals surface area contributed by atoms with Crippen molar-refractivity contribution in [2.75, 3.05) is 12.4 Å². The lowest BCUT2D eigenvalue weighted by Crippen LogP contribution is -2.08. The molecule has 3 heteroatoms. The molecule has 0 radical (unpaired) electrons. The van der Waals surface area contributed by atoms with Crippen molar-refractivity contribution in [3.05, 3.63) is 41.6 Å². The van der Waals surface area contributed by atoms with Gasteiger partial charge in [0.05, 0.1) is 18.4 Å². The fraction of sp³-hybridized carbons (Fsp3) is 0.250. The molecule has 0 saturated carbocycles. The summed E-state index contributed by atoms with van der Waals surface area (Å²) in [6, 6.07) is 5.48. The largest absolute Gasteiger partial charge is 0.465 e. The zero-order chi connectivity index (χ0) is 11.4. The number of anilines is 1. The van der Waals surface area contributed by atoms with Crippen molar-refractivity contribution in [3.8, 4) is 0 Å². The van der Waals surface area contributed by atoms with E-state index < -0.39 is 0 Å². The highest BCUT2D eigenvalue weighted by molar-refractivity contribution is 5.96. The van der Waals surface area contributed by atoms with Gasteiger partial charge in [-0.05, 0) is 25.5 Å². The van der Waals surface area contributed by atoms with Gasteiger partial charge in [0.1, 0.15) is 0 Å². The van der Waals surface area contributed by atoms with E-state index in [4.69, 9.17) is 4.74 Å². The van der Waals surface area contributed by atoms with E-state index in [9.17, 15) is 4.79 Å². The third-order valence-electron chi connectivity index (χ3n) is 2.02. The minimum atomic E-state index is -0.345. The Kier molecular flexibility index (Phi) is 3.50. The van der Waals surface area contributed by atoms with Crippen LogP contribution in [0.25, 0.3) is 0 Å². The summed E-state index contributed by atoms with van der Waals surface area (Å²) >= 11 is 0. The number of hydrogen-bond acceptors (Lipinski definition) is 3.